The summed E-state index contributed by atoms with van der Waals surface area (Å²) in [5.41, 5.74) is 2.10. The minimum atomic E-state index is -0.675. The number of aryl methyl sites for hydroxylation is 1. The Morgan fingerprint density at radius 3 is 2.53 bits per heavy atom. The number of halogens is 2. The zero-order chi connectivity index (χ0) is 22.8. The molecule has 2 aliphatic rings. The number of hydrogen-bond acceptors (Lipinski definition) is 6. The molecule has 8 heteroatoms. The summed E-state index contributed by atoms with van der Waals surface area (Å²) in [4.78, 5) is 21.0. The average molecular weight is 436 g/mol. The van der Waals surface area contributed by atoms with Crippen LogP contribution in [0.15, 0.2) is 30.3 Å². The number of benzene rings is 1. The highest BCUT2D eigenvalue weighted by atomic mass is 19.1. The topological polar surface area (TPSA) is 77.9 Å². The molecule has 2 bridgehead atoms. The van der Waals surface area contributed by atoms with Crippen LogP contribution in [0.5, 0.6) is 0 Å². The van der Waals surface area contributed by atoms with E-state index in [-0.39, 0.29) is 28.4 Å². The van der Waals surface area contributed by atoms with Gasteiger partial charge < -0.3 is 4.74 Å². The Kier molecular flexibility index (Phi) is 4.41. The average Bonchev–Trinajstić information content (AvgIpc) is 3.14. The summed E-state index contributed by atoms with van der Waals surface area (Å²) >= 11 is 0. The predicted octanol–water partition coefficient (Wildman–Crippen LogP) is 4.51. The fraction of sp³-hybridized carbons (Fsp3) is 0.375. The lowest BCUT2D eigenvalue weighted by Gasteiger charge is -2.37. The molecule has 0 N–H and O–H groups in total. The predicted molar refractivity (Wildman–Crippen MR) is 112 cm³/mol. The molecule has 2 aliphatic carbocycles. The minimum absolute atomic E-state index is 0.00239. The van der Waals surface area contributed by atoms with Crippen LogP contribution in [0, 0.1) is 24.0 Å². The fourth-order valence-electron chi connectivity index (χ4n) is 5.73. The second-order valence-electron chi connectivity index (χ2n) is 9.06. The maximum Gasteiger partial charge on any atom is 0.376 e. The van der Waals surface area contributed by atoms with E-state index >= 15 is 0 Å². The molecular formula is C24H22F2N4O2. The van der Waals surface area contributed by atoms with Gasteiger partial charge in [-0.15, -0.1) is 5.10 Å². The van der Waals surface area contributed by atoms with Crippen molar-refractivity contribution in [3.8, 4) is 11.3 Å². The van der Waals surface area contributed by atoms with Crippen LogP contribution in [-0.2, 0) is 10.2 Å². The Bertz CT molecular complexity index is 1260. The summed E-state index contributed by atoms with van der Waals surface area (Å²) < 4.78 is 33.6. The van der Waals surface area contributed by atoms with E-state index < -0.39 is 23.0 Å². The van der Waals surface area contributed by atoms with Crippen molar-refractivity contribution in [2.75, 3.05) is 7.11 Å². The van der Waals surface area contributed by atoms with Gasteiger partial charge >= 0.3 is 5.97 Å². The maximum absolute atomic E-state index is 14.4. The third-order valence-electron chi connectivity index (χ3n) is 7.26. The maximum atomic E-state index is 14.4. The summed E-state index contributed by atoms with van der Waals surface area (Å²) in [6.45, 7) is 6.09. The molecule has 6 nitrogen and oxygen atoms in total. The standard InChI is InChI=1S/C24H22F2N4O2/c1-12-10-18(28-21(27-12)22(31)32-4)24-9-8-14(23(24,2)3)13-11-17(29-30-20(13)24)19-15(25)6-5-7-16(19)26/h5-7,10-11,14H,8-9H2,1-4H3/t14-,24+/m0/s1. The Morgan fingerprint density at radius 2 is 1.84 bits per heavy atom. The molecule has 0 spiro atoms. The number of ether oxygens (including phenoxy) is 1. The molecule has 0 unspecified atom stereocenters. The van der Waals surface area contributed by atoms with Crippen molar-refractivity contribution in [3.63, 3.8) is 0 Å². The largest absolute Gasteiger partial charge is 0.463 e. The van der Waals surface area contributed by atoms with E-state index in [9.17, 15) is 13.6 Å². The van der Waals surface area contributed by atoms with Crippen LogP contribution in [0.25, 0.3) is 11.3 Å². The number of rotatable bonds is 3. The van der Waals surface area contributed by atoms with Gasteiger partial charge in [-0.3, -0.25) is 0 Å². The van der Waals surface area contributed by atoms with E-state index in [1.54, 1.807) is 13.0 Å². The normalized spacial score (nSPS) is 22.6. The molecule has 1 fully saturated rings. The minimum Gasteiger partial charge on any atom is -0.463 e. The second-order valence-corrected chi connectivity index (χ2v) is 9.06. The summed E-state index contributed by atoms with van der Waals surface area (Å²) in [5, 5.41) is 8.74. The van der Waals surface area contributed by atoms with Crippen LogP contribution < -0.4 is 0 Å². The molecule has 0 amide bonds. The zero-order valence-corrected chi connectivity index (χ0v) is 18.2. The van der Waals surface area contributed by atoms with Crippen LogP contribution in [-0.4, -0.2) is 33.2 Å². The van der Waals surface area contributed by atoms with E-state index in [0.717, 1.165) is 24.1 Å². The van der Waals surface area contributed by atoms with Crippen molar-refractivity contribution in [1.29, 1.82) is 0 Å². The first-order valence-corrected chi connectivity index (χ1v) is 10.5. The van der Waals surface area contributed by atoms with Crippen LogP contribution in [0.4, 0.5) is 8.78 Å². The molecule has 164 valence electrons. The lowest BCUT2D eigenvalue weighted by atomic mass is 9.66. The molecule has 0 aliphatic heterocycles. The first-order chi connectivity index (χ1) is 15.2. The third-order valence-corrected chi connectivity index (χ3v) is 7.26. The molecule has 1 aromatic carbocycles. The number of esters is 1. The number of carbonyl (C=O) groups excluding carboxylic acids is 1. The molecule has 0 radical (unpaired) electrons. The van der Waals surface area contributed by atoms with Gasteiger partial charge in [0.05, 0.1) is 35.2 Å². The van der Waals surface area contributed by atoms with Gasteiger partial charge in [-0.05, 0) is 60.9 Å². The number of hydrogen-bond donors (Lipinski definition) is 0. The van der Waals surface area contributed by atoms with E-state index in [1.807, 2.05) is 6.07 Å². The SMILES string of the molecule is COC(=O)c1nc(C)cc([C@]23CC[C@@H](c4cc(-c5c(F)cccc5F)nnc42)C3(C)C)n1. The highest BCUT2D eigenvalue weighted by Gasteiger charge is 2.65. The Hall–Kier alpha value is -3.29. The second kappa shape index (κ2) is 6.85. The monoisotopic (exact) mass is 436 g/mol. The van der Waals surface area contributed by atoms with Gasteiger partial charge in [-0.1, -0.05) is 19.9 Å². The van der Waals surface area contributed by atoms with Gasteiger partial charge in [-0.25, -0.2) is 23.5 Å². The van der Waals surface area contributed by atoms with E-state index in [1.165, 1.54) is 25.3 Å². The Labute approximate surface area is 184 Å². The van der Waals surface area contributed by atoms with Crippen LogP contribution in [0.3, 0.4) is 0 Å². The van der Waals surface area contributed by atoms with Crippen molar-refractivity contribution in [2.45, 2.75) is 44.9 Å². The summed E-state index contributed by atoms with van der Waals surface area (Å²) in [6, 6.07) is 7.38. The number of nitrogens with zero attached hydrogens (tertiary/aromatic N) is 4. The first kappa shape index (κ1) is 20.6. The van der Waals surface area contributed by atoms with Crippen LogP contribution in [0.1, 0.15) is 65.9 Å². The summed E-state index contributed by atoms with van der Waals surface area (Å²) in [5.74, 6) is -1.84. The smallest absolute Gasteiger partial charge is 0.376 e. The number of aromatic nitrogens is 4. The highest BCUT2D eigenvalue weighted by molar-refractivity contribution is 5.85. The number of carbonyl (C=O) groups is 1. The zero-order valence-electron chi connectivity index (χ0n) is 18.2. The van der Waals surface area contributed by atoms with E-state index in [0.29, 0.717) is 11.4 Å². The lowest BCUT2D eigenvalue weighted by Crippen LogP contribution is -2.38. The van der Waals surface area contributed by atoms with Crippen molar-refractivity contribution >= 4 is 5.97 Å². The van der Waals surface area contributed by atoms with Gasteiger partial charge in [0, 0.05) is 5.69 Å². The Morgan fingerprint density at radius 1 is 1.12 bits per heavy atom. The highest BCUT2D eigenvalue weighted by Crippen LogP contribution is 2.69. The molecule has 5 rings (SSSR count). The number of fused-ring (bicyclic) bond motifs is 5. The van der Waals surface area contributed by atoms with Gasteiger partial charge in [0.1, 0.15) is 11.6 Å². The van der Waals surface area contributed by atoms with Gasteiger partial charge in [-0.2, -0.15) is 5.10 Å². The molecular weight excluding hydrogens is 414 g/mol. The third kappa shape index (κ3) is 2.58. The molecule has 1 saturated carbocycles. The molecule has 2 aromatic heterocycles. The van der Waals surface area contributed by atoms with Crippen LogP contribution >= 0.6 is 0 Å². The van der Waals surface area contributed by atoms with E-state index in [4.69, 9.17) is 4.74 Å². The summed E-state index contributed by atoms with van der Waals surface area (Å²) in [7, 11) is 1.29. The van der Waals surface area contributed by atoms with Crippen molar-refractivity contribution in [1.82, 2.24) is 20.2 Å². The molecule has 32 heavy (non-hydrogen) atoms. The van der Waals surface area contributed by atoms with Gasteiger partial charge in [0.15, 0.2) is 0 Å². The molecule has 3 aromatic rings. The van der Waals surface area contributed by atoms with Gasteiger partial charge in [0.2, 0.25) is 5.82 Å². The van der Waals surface area contributed by atoms with Crippen molar-refractivity contribution < 1.29 is 18.3 Å². The van der Waals surface area contributed by atoms with Crippen LogP contribution in [0.2, 0.25) is 0 Å². The quantitative estimate of drug-likeness (QED) is 0.562. The fourth-order valence-corrected chi connectivity index (χ4v) is 5.73. The summed E-state index contributed by atoms with van der Waals surface area (Å²) in [6.07, 6.45) is 1.64. The van der Waals surface area contributed by atoms with Crippen molar-refractivity contribution in [2.24, 2.45) is 5.41 Å². The molecule has 0 saturated heterocycles. The Balaban J connectivity index is 1.72. The van der Waals surface area contributed by atoms with Crippen molar-refractivity contribution in [3.05, 3.63) is 70.4 Å². The first-order valence-electron chi connectivity index (χ1n) is 10.5. The van der Waals surface area contributed by atoms with Gasteiger partial charge in [0.25, 0.3) is 0 Å². The molecule has 2 atom stereocenters. The number of methoxy groups -OCH3 is 1. The van der Waals surface area contributed by atoms with E-state index in [2.05, 4.69) is 34.0 Å². The lowest BCUT2D eigenvalue weighted by molar-refractivity contribution is 0.0585. The molecule has 2 heterocycles.